The van der Waals surface area contributed by atoms with Crippen molar-refractivity contribution in [2.75, 3.05) is 26.6 Å². The van der Waals surface area contributed by atoms with Crippen molar-refractivity contribution >= 4 is 11.6 Å². The number of rotatable bonds is 6. The Morgan fingerprint density at radius 3 is 2.41 bits per heavy atom. The van der Waals surface area contributed by atoms with Crippen molar-refractivity contribution in [2.24, 2.45) is 0 Å². The zero-order valence-corrected chi connectivity index (χ0v) is 15.6. The molecule has 2 aromatic carbocycles. The summed E-state index contributed by atoms with van der Waals surface area (Å²) in [6.07, 6.45) is 0. The summed E-state index contributed by atoms with van der Waals surface area (Å²) in [4.78, 5) is 12.7. The maximum Gasteiger partial charge on any atom is 0.276 e. The Morgan fingerprint density at radius 2 is 1.70 bits per heavy atom. The standard InChI is InChI=1S/C20H21N3O4/c1-13-10-18(22-23(13)14-6-5-7-15(11-14)25-2)20(24)21-17-9-8-16(26-3)12-19(17)27-4/h5-12H,1-4H3,(H,21,24). The molecule has 0 atom stereocenters. The van der Waals surface area contributed by atoms with Crippen molar-refractivity contribution in [1.82, 2.24) is 9.78 Å². The Balaban J connectivity index is 1.86. The highest BCUT2D eigenvalue weighted by Crippen LogP contribution is 2.29. The number of benzene rings is 2. The van der Waals surface area contributed by atoms with E-state index in [1.54, 1.807) is 43.2 Å². The highest BCUT2D eigenvalue weighted by Gasteiger charge is 2.16. The van der Waals surface area contributed by atoms with E-state index >= 15 is 0 Å². The number of aryl methyl sites for hydroxylation is 1. The van der Waals surface area contributed by atoms with Gasteiger partial charge in [0.15, 0.2) is 5.69 Å². The lowest BCUT2D eigenvalue weighted by Crippen LogP contribution is -2.14. The second-order valence-electron chi connectivity index (χ2n) is 5.80. The minimum atomic E-state index is -0.330. The first-order valence-corrected chi connectivity index (χ1v) is 8.30. The van der Waals surface area contributed by atoms with Crippen molar-refractivity contribution < 1.29 is 19.0 Å². The van der Waals surface area contributed by atoms with Gasteiger partial charge in [-0.15, -0.1) is 0 Å². The first-order chi connectivity index (χ1) is 13.0. The molecule has 3 aromatic rings. The highest BCUT2D eigenvalue weighted by atomic mass is 16.5. The molecule has 0 bridgehead atoms. The first-order valence-electron chi connectivity index (χ1n) is 8.30. The van der Waals surface area contributed by atoms with Crippen LogP contribution in [0, 0.1) is 6.92 Å². The van der Waals surface area contributed by atoms with Gasteiger partial charge in [-0.3, -0.25) is 4.79 Å². The summed E-state index contributed by atoms with van der Waals surface area (Å²) in [5.74, 6) is 1.54. The van der Waals surface area contributed by atoms with Gasteiger partial charge in [0.1, 0.15) is 17.2 Å². The predicted octanol–water partition coefficient (Wildman–Crippen LogP) is 3.46. The van der Waals surface area contributed by atoms with Crippen LogP contribution in [0.4, 0.5) is 5.69 Å². The SMILES string of the molecule is COc1cccc(-n2nc(C(=O)Nc3ccc(OC)cc3OC)cc2C)c1. The molecule has 27 heavy (non-hydrogen) atoms. The molecular weight excluding hydrogens is 346 g/mol. The number of nitrogens with one attached hydrogen (secondary N) is 1. The molecular formula is C20H21N3O4. The number of hydrogen-bond acceptors (Lipinski definition) is 5. The molecule has 0 spiro atoms. The van der Waals surface area contributed by atoms with Gasteiger partial charge in [-0.25, -0.2) is 4.68 Å². The average molecular weight is 367 g/mol. The zero-order chi connectivity index (χ0) is 19.4. The summed E-state index contributed by atoms with van der Waals surface area (Å²) in [6, 6.07) is 14.4. The normalized spacial score (nSPS) is 10.4. The lowest BCUT2D eigenvalue weighted by atomic mass is 10.2. The fraction of sp³-hybridized carbons (Fsp3) is 0.200. The number of hydrogen-bond donors (Lipinski definition) is 1. The van der Waals surface area contributed by atoms with Crippen LogP contribution in [0.25, 0.3) is 5.69 Å². The van der Waals surface area contributed by atoms with Gasteiger partial charge in [0.25, 0.3) is 5.91 Å². The van der Waals surface area contributed by atoms with Crippen molar-refractivity contribution in [1.29, 1.82) is 0 Å². The highest BCUT2D eigenvalue weighted by molar-refractivity contribution is 6.03. The van der Waals surface area contributed by atoms with Crippen LogP contribution < -0.4 is 19.5 Å². The number of ether oxygens (including phenoxy) is 3. The lowest BCUT2D eigenvalue weighted by molar-refractivity contribution is 0.102. The van der Waals surface area contributed by atoms with E-state index in [1.165, 1.54) is 7.11 Å². The van der Waals surface area contributed by atoms with Crippen LogP contribution in [0.15, 0.2) is 48.5 Å². The second-order valence-corrected chi connectivity index (χ2v) is 5.80. The third-order valence-electron chi connectivity index (χ3n) is 4.07. The number of methoxy groups -OCH3 is 3. The van der Waals surface area contributed by atoms with Gasteiger partial charge in [0, 0.05) is 17.8 Å². The maximum absolute atomic E-state index is 12.7. The molecule has 0 aliphatic rings. The molecule has 7 nitrogen and oxygen atoms in total. The van der Waals surface area contributed by atoms with E-state index < -0.39 is 0 Å². The molecule has 1 heterocycles. The van der Waals surface area contributed by atoms with Crippen molar-refractivity contribution in [3.63, 3.8) is 0 Å². The van der Waals surface area contributed by atoms with E-state index in [0.717, 1.165) is 17.1 Å². The molecule has 0 saturated heterocycles. The van der Waals surface area contributed by atoms with Gasteiger partial charge in [-0.05, 0) is 37.3 Å². The molecule has 1 aromatic heterocycles. The third-order valence-corrected chi connectivity index (χ3v) is 4.07. The number of amides is 1. The predicted molar refractivity (Wildman–Crippen MR) is 102 cm³/mol. The number of carbonyl (C=O) groups is 1. The van der Waals surface area contributed by atoms with Crippen LogP contribution in [0.3, 0.4) is 0 Å². The Labute approximate surface area is 157 Å². The van der Waals surface area contributed by atoms with Gasteiger partial charge in [-0.1, -0.05) is 6.07 Å². The summed E-state index contributed by atoms with van der Waals surface area (Å²) < 4.78 is 17.4. The van der Waals surface area contributed by atoms with Crippen LogP contribution >= 0.6 is 0 Å². The second kappa shape index (κ2) is 7.82. The monoisotopic (exact) mass is 367 g/mol. The molecule has 140 valence electrons. The van der Waals surface area contributed by atoms with Gasteiger partial charge in [0.05, 0.1) is 32.7 Å². The van der Waals surface area contributed by atoms with Crippen molar-refractivity contribution in [2.45, 2.75) is 6.92 Å². The van der Waals surface area contributed by atoms with E-state index in [9.17, 15) is 4.79 Å². The third kappa shape index (κ3) is 3.87. The molecule has 0 fully saturated rings. The fourth-order valence-corrected chi connectivity index (χ4v) is 2.68. The maximum atomic E-state index is 12.7. The van der Waals surface area contributed by atoms with E-state index in [-0.39, 0.29) is 5.91 Å². The fourth-order valence-electron chi connectivity index (χ4n) is 2.68. The van der Waals surface area contributed by atoms with E-state index in [4.69, 9.17) is 14.2 Å². The van der Waals surface area contributed by atoms with Crippen LogP contribution in [0.5, 0.6) is 17.2 Å². The number of nitrogens with zero attached hydrogens (tertiary/aromatic N) is 2. The van der Waals surface area contributed by atoms with Gasteiger partial charge >= 0.3 is 0 Å². The Hall–Kier alpha value is -3.48. The number of aromatic nitrogens is 2. The Bertz CT molecular complexity index is 966. The van der Waals surface area contributed by atoms with Gasteiger partial charge < -0.3 is 19.5 Å². The van der Waals surface area contributed by atoms with Crippen LogP contribution in [-0.4, -0.2) is 37.0 Å². The molecule has 7 heteroatoms. The smallest absolute Gasteiger partial charge is 0.276 e. The summed E-state index contributed by atoms with van der Waals surface area (Å²) >= 11 is 0. The number of anilines is 1. The molecule has 0 saturated carbocycles. The van der Waals surface area contributed by atoms with Crippen molar-refractivity contribution in [3.8, 4) is 22.9 Å². The summed E-state index contributed by atoms with van der Waals surface area (Å²) in [5, 5.41) is 7.25. The first kappa shape index (κ1) is 18.3. The summed E-state index contributed by atoms with van der Waals surface area (Å²) in [7, 11) is 4.71. The Kier molecular flexibility index (Phi) is 5.30. The minimum Gasteiger partial charge on any atom is -0.497 e. The van der Waals surface area contributed by atoms with E-state index in [2.05, 4.69) is 10.4 Å². The molecule has 1 N–H and O–H groups in total. The average Bonchev–Trinajstić information content (AvgIpc) is 3.10. The topological polar surface area (TPSA) is 74.6 Å². The molecule has 0 aliphatic heterocycles. The van der Waals surface area contributed by atoms with Gasteiger partial charge in [0.2, 0.25) is 0 Å². The molecule has 1 amide bonds. The van der Waals surface area contributed by atoms with Crippen LogP contribution in [0.2, 0.25) is 0 Å². The van der Waals surface area contributed by atoms with Gasteiger partial charge in [-0.2, -0.15) is 5.10 Å². The van der Waals surface area contributed by atoms with E-state index in [0.29, 0.717) is 22.9 Å². The van der Waals surface area contributed by atoms with Crippen LogP contribution in [0.1, 0.15) is 16.2 Å². The van der Waals surface area contributed by atoms with E-state index in [1.807, 2.05) is 31.2 Å². The summed E-state index contributed by atoms with van der Waals surface area (Å²) in [6.45, 7) is 1.89. The Morgan fingerprint density at radius 1 is 0.963 bits per heavy atom. The molecule has 3 rings (SSSR count). The molecule has 0 aliphatic carbocycles. The number of carbonyl (C=O) groups excluding carboxylic acids is 1. The lowest BCUT2D eigenvalue weighted by Gasteiger charge is -2.10. The quantitative estimate of drug-likeness (QED) is 0.722. The largest absolute Gasteiger partial charge is 0.497 e. The minimum absolute atomic E-state index is 0.299. The van der Waals surface area contributed by atoms with Crippen LogP contribution in [-0.2, 0) is 0 Å². The van der Waals surface area contributed by atoms with Crippen molar-refractivity contribution in [3.05, 3.63) is 59.9 Å². The molecule has 0 unspecified atom stereocenters. The molecule has 0 radical (unpaired) electrons. The zero-order valence-electron chi connectivity index (χ0n) is 15.6. The summed E-state index contributed by atoms with van der Waals surface area (Å²) in [5.41, 5.74) is 2.48.